The van der Waals surface area contributed by atoms with Crippen LogP contribution in [0.25, 0.3) is 0 Å². The first kappa shape index (κ1) is 15.0. The van der Waals surface area contributed by atoms with E-state index >= 15 is 0 Å². The van der Waals surface area contributed by atoms with Crippen molar-refractivity contribution in [3.05, 3.63) is 36.8 Å². The molecule has 7 nitrogen and oxygen atoms in total. The highest BCUT2D eigenvalue weighted by Gasteiger charge is 2.36. The number of sulfonamides is 1. The summed E-state index contributed by atoms with van der Waals surface area (Å²) in [4.78, 5) is 3.63. The number of nitrogens with two attached hydrogens (primary N) is 1. The second kappa shape index (κ2) is 5.75. The SMILES string of the molecule is FC(F)(F)c1nnco1.NS(=O)(=O)c1cccnc1. The molecule has 0 atom stereocenters. The summed E-state index contributed by atoms with van der Waals surface area (Å²) in [6.45, 7) is 0. The van der Waals surface area contributed by atoms with E-state index in [0.717, 1.165) is 0 Å². The van der Waals surface area contributed by atoms with Gasteiger partial charge in [-0.2, -0.15) is 13.2 Å². The number of hydrogen-bond donors (Lipinski definition) is 1. The zero-order chi connectivity index (χ0) is 14.5. The van der Waals surface area contributed by atoms with Crippen molar-refractivity contribution in [3.63, 3.8) is 0 Å². The zero-order valence-electron chi connectivity index (χ0n) is 9.07. The van der Waals surface area contributed by atoms with Crippen molar-refractivity contribution < 1.29 is 26.0 Å². The highest BCUT2D eigenvalue weighted by molar-refractivity contribution is 7.89. The predicted molar refractivity (Wildman–Crippen MR) is 54.9 cm³/mol. The lowest BCUT2D eigenvalue weighted by Crippen LogP contribution is -2.11. The lowest BCUT2D eigenvalue weighted by molar-refractivity contribution is -0.157. The van der Waals surface area contributed by atoms with Crippen molar-refractivity contribution >= 4 is 10.0 Å². The minimum Gasteiger partial charge on any atom is -0.420 e. The van der Waals surface area contributed by atoms with Crippen LogP contribution in [0.3, 0.4) is 0 Å². The maximum atomic E-state index is 11.4. The van der Waals surface area contributed by atoms with E-state index in [9.17, 15) is 21.6 Å². The van der Waals surface area contributed by atoms with Gasteiger partial charge in [0.2, 0.25) is 16.4 Å². The Bertz CT molecular complexity index is 598. The molecule has 2 N–H and O–H groups in total. The maximum absolute atomic E-state index is 11.4. The number of hydrogen-bond acceptors (Lipinski definition) is 6. The number of halogens is 3. The third-order valence-corrected chi connectivity index (χ3v) is 2.46. The number of aromatic nitrogens is 3. The van der Waals surface area contributed by atoms with Crippen molar-refractivity contribution in [2.24, 2.45) is 5.14 Å². The molecular weight excluding hydrogens is 289 g/mol. The van der Waals surface area contributed by atoms with E-state index in [4.69, 9.17) is 5.14 Å². The Hall–Kier alpha value is -2.01. The lowest BCUT2D eigenvalue weighted by Gasteiger charge is -1.95. The third kappa shape index (κ3) is 5.01. The van der Waals surface area contributed by atoms with E-state index in [1.807, 2.05) is 0 Å². The summed E-state index contributed by atoms with van der Waals surface area (Å²) >= 11 is 0. The van der Waals surface area contributed by atoms with Gasteiger partial charge in [-0.25, -0.2) is 13.6 Å². The van der Waals surface area contributed by atoms with Gasteiger partial charge in [0.25, 0.3) is 0 Å². The van der Waals surface area contributed by atoms with Gasteiger partial charge in [-0.05, 0) is 12.1 Å². The Kier molecular flexibility index (Phi) is 4.56. The van der Waals surface area contributed by atoms with Crippen LogP contribution >= 0.6 is 0 Å². The van der Waals surface area contributed by atoms with Gasteiger partial charge in [0.05, 0.1) is 0 Å². The minimum absolute atomic E-state index is 0.0370. The fourth-order valence-corrected chi connectivity index (χ4v) is 1.29. The summed E-state index contributed by atoms with van der Waals surface area (Å²) in [6.07, 6.45) is -1.21. The summed E-state index contributed by atoms with van der Waals surface area (Å²) in [5.41, 5.74) is 0. The van der Waals surface area contributed by atoms with Crippen molar-refractivity contribution in [1.29, 1.82) is 0 Å². The largest absolute Gasteiger partial charge is 0.470 e. The monoisotopic (exact) mass is 296 g/mol. The predicted octanol–water partition coefficient (Wildman–Crippen LogP) is 0.817. The molecule has 0 amide bonds. The van der Waals surface area contributed by atoms with Crippen LogP contribution in [-0.2, 0) is 16.2 Å². The van der Waals surface area contributed by atoms with Crippen LogP contribution in [0.4, 0.5) is 13.2 Å². The van der Waals surface area contributed by atoms with Crippen molar-refractivity contribution in [3.8, 4) is 0 Å². The summed E-state index contributed by atoms with van der Waals surface area (Å²) in [7, 11) is -3.57. The average molecular weight is 296 g/mol. The van der Waals surface area contributed by atoms with Crippen LogP contribution < -0.4 is 5.14 Å². The molecule has 0 spiro atoms. The Balaban J connectivity index is 0.000000191. The second-order valence-corrected chi connectivity index (χ2v) is 4.54. The quantitative estimate of drug-likeness (QED) is 0.833. The zero-order valence-corrected chi connectivity index (χ0v) is 9.89. The molecule has 0 aliphatic heterocycles. The second-order valence-electron chi connectivity index (χ2n) is 2.98. The minimum atomic E-state index is -4.52. The van der Waals surface area contributed by atoms with Crippen molar-refractivity contribution in [2.45, 2.75) is 11.1 Å². The molecule has 0 saturated heterocycles. The summed E-state index contributed by atoms with van der Waals surface area (Å²) in [5, 5.41) is 10.3. The van der Waals surface area contributed by atoms with Crippen LogP contribution in [-0.4, -0.2) is 23.6 Å². The Morgan fingerprint density at radius 2 is 2.00 bits per heavy atom. The van der Waals surface area contributed by atoms with E-state index in [2.05, 4.69) is 19.6 Å². The molecule has 0 fully saturated rings. The van der Waals surface area contributed by atoms with E-state index < -0.39 is 22.1 Å². The molecule has 0 bridgehead atoms. The first-order valence-corrected chi connectivity index (χ1v) is 6.02. The van der Waals surface area contributed by atoms with Crippen LogP contribution in [0.5, 0.6) is 0 Å². The van der Waals surface area contributed by atoms with Gasteiger partial charge in [-0.3, -0.25) is 4.98 Å². The normalized spacial score (nSPS) is 11.6. The van der Waals surface area contributed by atoms with Gasteiger partial charge in [-0.1, -0.05) is 0 Å². The smallest absolute Gasteiger partial charge is 0.420 e. The highest BCUT2D eigenvalue weighted by atomic mass is 32.2. The topological polar surface area (TPSA) is 112 Å². The molecule has 2 aromatic rings. The van der Waals surface area contributed by atoms with Crippen LogP contribution in [0.2, 0.25) is 0 Å². The van der Waals surface area contributed by atoms with Crippen LogP contribution in [0.15, 0.2) is 40.2 Å². The Labute approximate surface area is 105 Å². The number of rotatable bonds is 1. The van der Waals surface area contributed by atoms with Gasteiger partial charge < -0.3 is 4.42 Å². The molecule has 19 heavy (non-hydrogen) atoms. The fourth-order valence-electron chi connectivity index (χ4n) is 0.812. The molecule has 0 saturated carbocycles. The Morgan fingerprint density at radius 1 is 1.32 bits per heavy atom. The first-order chi connectivity index (χ1) is 8.71. The average Bonchev–Trinajstić information content (AvgIpc) is 2.83. The molecule has 0 unspecified atom stereocenters. The molecule has 2 heterocycles. The van der Waals surface area contributed by atoms with Crippen molar-refractivity contribution in [2.75, 3.05) is 0 Å². The molecule has 0 aliphatic carbocycles. The van der Waals surface area contributed by atoms with Gasteiger partial charge in [0.1, 0.15) is 4.90 Å². The molecule has 11 heteroatoms. The first-order valence-electron chi connectivity index (χ1n) is 4.47. The van der Waals surface area contributed by atoms with Crippen LogP contribution in [0, 0.1) is 0 Å². The summed E-state index contributed by atoms with van der Waals surface area (Å²) < 4.78 is 59.3. The Morgan fingerprint density at radius 3 is 2.26 bits per heavy atom. The molecular formula is C8H7F3N4O3S. The van der Waals surface area contributed by atoms with Crippen LogP contribution in [0.1, 0.15) is 5.89 Å². The molecule has 0 aliphatic rings. The molecule has 104 valence electrons. The van der Waals surface area contributed by atoms with E-state index in [0.29, 0.717) is 6.39 Å². The lowest BCUT2D eigenvalue weighted by atomic mass is 10.5. The van der Waals surface area contributed by atoms with E-state index in [1.54, 1.807) is 0 Å². The fraction of sp³-hybridized carbons (Fsp3) is 0.125. The third-order valence-electron chi connectivity index (χ3n) is 1.57. The number of nitrogens with zero attached hydrogens (tertiary/aromatic N) is 3. The molecule has 0 radical (unpaired) electrons. The number of primary sulfonamides is 1. The molecule has 2 aromatic heterocycles. The standard InChI is InChI=1S/C5H6N2O2S.C3HF3N2O/c6-10(8,9)5-2-1-3-7-4-5;4-3(5,6)2-8-7-1-9-2/h1-4H,(H2,6,8,9);1H. The van der Waals surface area contributed by atoms with Gasteiger partial charge in [-0.15, -0.1) is 10.2 Å². The summed E-state index contributed by atoms with van der Waals surface area (Å²) in [6, 6.07) is 2.90. The molecule has 2 rings (SSSR count). The van der Waals surface area contributed by atoms with E-state index in [-0.39, 0.29) is 4.90 Å². The maximum Gasteiger partial charge on any atom is 0.470 e. The number of alkyl halides is 3. The van der Waals surface area contributed by atoms with Gasteiger partial charge >= 0.3 is 12.1 Å². The highest BCUT2D eigenvalue weighted by Crippen LogP contribution is 2.26. The van der Waals surface area contributed by atoms with Gasteiger partial charge in [0, 0.05) is 12.4 Å². The molecule has 0 aromatic carbocycles. The van der Waals surface area contributed by atoms with Crippen molar-refractivity contribution in [1.82, 2.24) is 15.2 Å². The van der Waals surface area contributed by atoms with E-state index in [1.165, 1.54) is 24.5 Å². The number of pyridine rings is 1. The summed E-state index contributed by atoms with van der Waals surface area (Å²) in [5.74, 6) is -1.32. The van der Waals surface area contributed by atoms with Gasteiger partial charge in [0.15, 0.2) is 0 Å².